The maximum atomic E-state index is 12.9. The maximum Gasteiger partial charge on any atom is 0.230 e. The lowest BCUT2D eigenvalue weighted by molar-refractivity contribution is -0.119. The Morgan fingerprint density at radius 1 is 0.971 bits per heavy atom. The molecule has 6 nitrogen and oxygen atoms in total. The molecule has 174 valence electrons. The highest BCUT2D eigenvalue weighted by molar-refractivity contribution is 7.99. The molecule has 0 aliphatic rings. The number of benzene rings is 2. The van der Waals surface area contributed by atoms with Crippen LogP contribution in [0.15, 0.2) is 90.3 Å². The fraction of sp³-hybridized carbons (Fsp3) is 0.259. The van der Waals surface area contributed by atoms with Gasteiger partial charge in [-0.2, -0.15) is 0 Å². The summed E-state index contributed by atoms with van der Waals surface area (Å²) in [4.78, 5) is 17.2. The number of carbonyl (C=O) groups excluding carboxylic acids is 1. The van der Waals surface area contributed by atoms with Crippen molar-refractivity contribution in [1.29, 1.82) is 0 Å². The molecule has 0 radical (unpaired) electrons. The summed E-state index contributed by atoms with van der Waals surface area (Å²) >= 11 is 1.40. The zero-order valence-corrected chi connectivity index (χ0v) is 20.3. The number of pyridine rings is 1. The van der Waals surface area contributed by atoms with Crippen LogP contribution in [0.4, 0.5) is 0 Å². The number of carbonyl (C=O) groups is 1. The van der Waals surface area contributed by atoms with Crippen molar-refractivity contribution in [3.05, 3.63) is 96.3 Å². The Balaban J connectivity index is 1.50. The topological polar surface area (TPSA) is 72.7 Å². The zero-order valence-electron chi connectivity index (χ0n) is 19.5. The molecule has 0 spiro atoms. The van der Waals surface area contributed by atoms with Crippen LogP contribution in [0, 0.1) is 5.92 Å². The van der Waals surface area contributed by atoms with Gasteiger partial charge in [-0.1, -0.05) is 86.3 Å². The van der Waals surface area contributed by atoms with Crippen molar-refractivity contribution in [3.8, 4) is 11.4 Å². The predicted octanol–water partition coefficient (Wildman–Crippen LogP) is 5.38. The molecule has 0 aliphatic heterocycles. The van der Waals surface area contributed by atoms with Crippen molar-refractivity contribution < 1.29 is 4.79 Å². The highest BCUT2D eigenvalue weighted by Gasteiger charge is 2.19. The summed E-state index contributed by atoms with van der Waals surface area (Å²) < 4.78 is 2.05. The molecule has 0 saturated carbocycles. The first-order valence-corrected chi connectivity index (χ1v) is 12.4. The minimum Gasteiger partial charge on any atom is -0.349 e. The average molecular weight is 472 g/mol. The summed E-state index contributed by atoms with van der Waals surface area (Å²) in [7, 11) is 0. The Morgan fingerprint density at radius 3 is 2.38 bits per heavy atom. The molecule has 0 saturated heterocycles. The molecule has 1 amide bonds. The summed E-state index contributed by atoms with van der Waals surface area (Å²) in [6.07, 6.45) is 4.40. The Kier molecular flexibility index (Phi) is 8.09. The van der Waals surface area contributed by atoms with Crippen LogP contribution in [-0.4, -0.2) is 31.4 Å². The van der Waals surface area contributed by atoms with Crippen LogP contribution < -0.4 is 5.32 Å². The standard InChI is InChI=1S/C27H29N5OS/c1-20(2)16-24(22-12-7-4-8-13-22)29-25(33)19-34-27-31-30-26(23-14-9-15-28-17-23)32(27)18-21-10-5-3-6-11-21/h3-15,17,20,24H,16,18-19H2,1-2H3,(H,29,33). The fourth-order valence-electron chi connectivity index (χ4n) is 3.81. The quantitative estimate of drug-likeness (QED) is 0.314. The van der Waals surface area contributed by atoms with Crippen LogP contribution in [0.3, 0.4) is 0 Å². The van der Waals surface area contributed by atoms with Crippen LogP contribution in [0.2, 0.25) is 0 Å². The monoisotopic (exact) mass is 471 g/mol. The van der Waals surface area contributed by atoms with Crippen molar-refractivity contribution in [1.82, 2.24) is 25.1 Å². The van der Waals surface area contributed by atoms with E-state index in [0.717, 1.165) is 28.9 Å². The van der Waals surface area contributed by atoms with E-state index in [0.29, 0.717) is 17.6 Å². The Hall–Kier alpha value is -3.45. The number of amides is 1. The molecule has 2 heterocycles. The molecule has 0 bridgehead atoms. The molecule has 1 atom stereocenters. The smallest absolute Gasteiger partial charge is 0.230 e. The zero-order chi connectivity index (χ0) is 23.8. The second-order valence-corrected chi connectivity index (χ2v) is 9.51. The molecule has 2 aromatic heterocycles. The van der Waals surface area contributed by atoms with Crippen LogP contribution >= 0.6 is 11.8 Å². The minimum atomic E-state index is -0.0170. The third-order valence-corrected chi connectivity index (χ3v) is 6.36. The van der Waals surface area contributed by atoms with Gasteiger partial charge in [0.2, 0.25) is 5.91 Å². The molecule has 0 aliphatic carbocycles. The van der Waals surface area contributed by atoms with E-state index in [9.17, 15) is 4.79 Å². The maximum absolute atomic E-state index is 12.9. The van der Waals surface area contributed by atoms with E-state index in [-0.39, 0.29) is 17.7 Å². The third kappa shape index (κ3) is 6.32. The van der Waals surface area contributed by atoms with E-state index < -0.39 is 0 Å². The number of hydrogen-bond donors (Lipinski definition) is 1. The molecule has 1 unspecified atom stereocenters. The van der Waals surface area contributed by atoms with Crippen molar-refractivity contribution in [2.45, 2.75) is 38.0 Å². The summed E-state index contributed by atoms with van der Waals surface area (Å²) in [6.45, 7) is 4.95. The first kappa shape index (κ1) is 23.7. The molecular formula is C27H29N5OS. The predicted molar refractivity (Wildman–Crippen MR) is 136 cm³/mol. The van der Waals surface area contributed by atoms with E-state index in [1.165, 1.54) is 11.8 Å². The molecule has 2 aromatic carbocycles. The summed E-state index contributed by atoms with van der Waals surface area (Å²) in [5, 5.41) is 12.8. The number of nitrogens with zero attached hydrogens (tertiary/aromatic N) is 4. The molecular weight excluding hydrogens is 442 g/mol. The SMILES string of the molecule is CC(C)CC(NC(=O)CSc1nnc(-c2cccnc2)n1Cc1ccccc1)c1ccccc1. The van der Waals surface area contributed by atoms with E-state index in [1.54, 1.807) is 12.4 Å². The van der Waals surface area contributed by atoms with E-state index >= 15 is 0 Å². The lowest BCUT2D eigenvalue weighted by Crippen LogP contribution is -2.31. The summed E-state index contributed by atoms with van der Waals surface area (Å²) in [5.41, 5.74) is 3.16. The molecule has 1 N–H and O–H groups in total. The van der Waals surface area contributed by atoms with E-state index in [4.69, 9.17) is 0 Å². The average Bonchev–Trinajstić information content (AvgIpc) is 3.26. The number of thioether (sulfide) groups is 1. The molecule has 34 heavy (non-hydrogen) atoms. The van der Waals surface area contributed by atoms with Gasteiger partial charge in [-0.05, 0) is 35.6 Å². The molecule has 0 fully saturated rings. The highest BCUT2D eigenvalue weighted by Crippen LogP contribution is 2.26. The van der Waals surface area contributed by atoms with Gasteiger partial charge < -0.3 is 5.32 Å². The Labute approximate surface area is 204 Å². The summed E-state index contributed by atoms with van der Waals surface area (Å²) in [6, 6.07) is 24.2. The van der Waals surface area contributed by atoms with E-state index in [2.05, 4.69) is 58.6 Å². The first-order valence-electron chi connectivity index (χ1n) is 11.4. The van der Waals surface area contributed by atoms with Crippen LogP contribution in [0.5, 0.6) is 0 Å². The molecule has 4 aromatic rings. The van der Waals surface area contributed by atoms with Gasteiger partial charge in [0.05, 0.1) is 18.3 Å². The summed E-state index contributed by atoms with van der Waals surface area (Å²) in [5.74, 6) is 1.45. The van der Waals surface area contributed by atoms with Gasteiger partial charge in [-0.3, -0.25) is 14.3 Å². The lowest BCUT2D eigenvalue weighted by atomic mass is 9.97. The number of nitrogens with one attached hydrogen (secondary N) is 1. The first-order chi connectivity index (χ1) is 16.6. The van der Waals surface area contributed by atoms with Crippen molar-refractivity contribution in [2.24, 2.45) is 5.92 Å². The lowest BCUT2D eigenvalue weighted by Gasteiger charge is -2.21. The van der Waals surface area contributed by atoms with Gasteiger partial charge in [0.15, 0.2) is 11.0 Å². The van der Waals surface area contributed by atoms with Gasteiger partial charge in [-0.25, -0.2) is 0 Å². The van der Waals surface area contributed by atoms with Gasteiger partial charge in [0.25, 0.3) is 0 Å². The van der Waals surface area contributed by atoms with Gasteiger partial charge in [-0.15, -0.1) is 10.2 Å². The van der Waals surface area contributed by atoms with Crippen LogP contribution in [0.25, 0.3) is 11.4 Å². The normalized spacial score (nSPS) is 12.0. The van der Waals surface area contributed by atoms with Gasteiger partial charge in [0.1, 0.15) is 0 Å². The molecule has 7 heteroatoms. The molecule has 4 rings (SSSR count). The second kappa shape index (κ2) is 11.6. The number of hydrogen-bond acceptors (Lipinski definition) is 5. The van der Waals surface area contributed by atoms with E-state index in [1.807, 2.05) is 53.1 Å². The third-order valence-electron chi connectivity index (χ3n) is 5.40. The number of rotatable bonds is 10. The Morgan fingerprint density at radius 2 is 1.71 bits per heavy atom. The van der Waals surface area contributed by atoms with Crippen molar-refractivity contribution in [3.63, 3.8) is 0 Å². The van der Waals surface area contributed by atoms with Crippen molar-refractivity contribution in [2.75, 3.05) is 5.75 Å². The largest absolute Gasteiger partial charge is 0.349 e. The van der Waals surface area contributed by atoms with Gasteiger partial charge >= 0.3 is 0 Å². The highest BCUT2D eigenvalue weighted by atomic mass is 32.2. The van der Waals surface area contributed by atoms with Crippen LogP contribution in [-0.2, 0) is 11.3 Å². The fourth-order valence-corrected chi connectivity index (χ4v) is 4.56. The number of aromatic nitrogens is 4. The Bertz CT molecular complexity index is 1180. The van der Waals surface area contributed by atoms with Crippen molar-refractivity contribution >= 4 is 17.7 Å². The van der Waals surface area contributed by atoms with Crippen LogP contribution in [0.1, 0.15) is 37.4 Å². The van der Waals surface area contributed by atoms with Gasteiger partial charge in [0, 0.05) is 18.0 Å². The second-order valence-electron chi connectivity index (χ2n) is 8.57. The minimum absolute atomic E-state index is 0.0116.